The van der Waals surface area contributed by atoms with Crippen molar-refractivity contribution in [3.63, 3.8) is 0 Å². The lowest BCUT2D eigenvalue weighted by Gasteiger charge is -2.11. The number of aromatic nitrogens is 1. The molecule has 0 unspecified atom stereocenters. The Labute approximate surface area is 164 Å². The van der Waals surface area contributed by atoms with E-state index in [1.54, 1.807) is 12.1 Å². The summed E-state index contributed by atoms with van der Waals surface area (Å²) in [5.41, 5.74) is 1.75. The van der Waals surface area contributed by atoms with E-state index in [0.29, 0.717) is 17.3 Å². The molecule has 0 amide bonds. The van der Waals surface area contributed by atoms with Gasteiger partial charge >= 0.3 is 0 Å². The van der Waals surface area contributed by atoms with Crippen LogP contribution in [0.2, 0.25) is 0 Å². The van der Waals surface area contributed by atoms with E-state index in [4.69, 9.17) is 0 Å². The number of non-ortho nitro benzene ring substituents is 1. The first kappa shape index (κ1) is 19.9. The van der Waals surface area contributed by atoms with Crippen LogP contribution < -0.4 is 4.80 Å². The van der Waals surface area contributed by atoms with Crippen molar-refractivity contribution in [2.75, 3.05) is 0 Å². The van der Waals surface area contributed by atoms with Crippen LogP contribution in [0.1, 0.15) is 20.3 Å². The molecule has 0 N–H and O–H groups in total. The Hall–Kier alpha value is -2.87. The van der Waals surface area contributed by atoms with Gasteiger partial charge in [0.1, 0.15) is 11.5 Å². The predicted molar refractivity (Wildman–Crippen MR) is 105 cm³/mol. The summed E-state index contributed by atoms with van der Waals surface area (Å²) < 4.78 is 29.2. The smallest absolute Gasteiger partial charge is 0.269 e. The number of hydrogen-bond donors (Lipinski definition) is 0. The molecule has 0 aliphatic heterocycles. The maximum Gasteiger partial charge on any atom is 0.269 e. The largest absolute Gasteiger partial charge is 0.316 e. The molecule has 0 atom stereocenters. The van der Waals surface area contributed by atoms with Gasteiger partial charge in [0.15, 0.2) is 10.6 Å². The molecule has 0 saturated heterocycles. The summed E-state index contributed by atoms with van der Waals surface area (Å²) in [6.45, 7) is 4.87. The maximum atomic E-state index is 14.0. The average Bonchev–Trinajstić information content (AvgIpc) is 3.05. The van der Waals surface area contributed by atoms with E-state index in [-0.39, 0.29) is 11.4 Å². The first-order valence-electron chi connectivity index (χ1n) is 8.78. The van der Waals surface area contributed by atoms with Gasteiger partial charge in [-0.1, -0.05) is 13.8 Å². The van der Waals surface area contributed by atoms with Crippen molar-refractivity contribution in [1.82, 2.24) is 4.57 Å². The number of hydrogen-bond acceptors (Lipinski definition) is 4. The monoisotopic (exact) mass is 403 g/mol. The van der Waals surface area contributed by atoms with E-state index >= 15 is 0 Å². The third-order valence-corrected chi connectivity index (χ3v) is 5.09. The van der Waals surface area contributed by atoms with Gasteiger partial charge < -0.3 is 4.57 Å². The minimum Gasteiger partial charge on any atom is -0.316 e. The summed E-state index contributed by atoms with van der Waals surface area (Å²) in [5, 5.41) is 12.8. The van der Waals surface area contributed by atoms with Gasteiger partial charge in [-0.25, -0.2) is 13.8 Å². The van der Waals surface area contributed by atoms with Crippen LogP contribution in [-0.4, -0.2) is 9.49 Å². The number of nitro groups is 1. The summed E-state index contributed by atoms with van der Waals surface area (Å²) in [7, 11) is 0. The lowest BCUT2D eigenvalue weighted by molar-refractivity contribution is -0.384. The van der Waals surface area contributed by atoms with Crippen molar-refractivity contribution in [1.29, 1.82) is 0 Å². The van der Waals surface area contributed by atoms with Crippen LogP contribution in [-0.2, 0) is 6.54 Å². The van der Waals surface area contributed by atoms with Crippen molar-refractivity contribution in [3.8, 4) is 11.3 Å². The number of nitro benzene ring substituents is 1. The fraction of sp³-hybridized carbons (Fsp3) is 0.250. The minimum absolute atomic E-state index is 0.0194. The van der Waals surface area contributed by atoms with Crippen molar-refractivity contribution < 1.29 is 13.7 Å². The van der Waals surface area contributed by atoms with Crippen molar-refractivity contribution in [3.05, 3.63) is 74.4 Å². The van der Waals surface area contributed by atoms with E-state index in [2.05, 4.69) is 18.8 Å². The third kappa shape index (κ3) is 4.51. The van der Waals surface area contributed by atoms with Crippen LogP contribution in [0.25, 0.3) is 11.3 Å². The van der Waals surface area contributed by atoms with E-state index in [9.17, 15) is 18.9 Å². The van der Waals surface area contributed by atoms with Gasteiger partial charge in [0.25, 0.3) is 5.69 Å². The Bertz CT molecular complexity index is 1060. The number of thiazole rings is 1. The zero-order chi connectivity index (χ0) is 20.3. The molecule has 3 aromatic rings. The number of halogens is 2. The summed E-state index contributed by atoms with van der Waals surface area (Å²) >= 11 is 1.34. The van der Waals surface area contributed by atoms with Gasteiger partial charge in [-0.15, -0.1) is 11.3 Å². The summed E-state index contributed by atoms with van der Waals surface area (Å²) in [6.07, 6.45) is 0.885. The molecular weight excluding hydrogens is 384 g/mol. The highest BCUT2D eigenvalue weighted by atomic mass is 32.1. The fourth-order valence-electron chi connectivity index (χ4n) is 2.68. The van der Waals surface area contributed by atoms with Crippen LogP contribution in [0.5, 0.6) is 0 Å². The molecule has 8 heteroatoms. The maximum absolute atomic E-state index is 14.0. The molecule has 0 bridgehead atoms. The van der Waals surface area contributed by atoms with E-state index in [1.807, 2.05) is 9.95 Å². The topological polar surface area (TPSA) is 60.4 Å². The molecule has 0 saturated carbocycles. The van der Waals surface area contributed by atoms with Gasteiger partial charge in [-0.3, -0.25) is 10.1 Å². The summed E-state index contributed by atoms with van der Waals surface area (Å²) in [4.78, 5) is 15.4. The van der Waals surface area contributed by atoms with Gasteiger partial charge in [0.05, 0.1) is 10.6 Å². The molecule has 0 aliphatic carbocycles. The zero-order valence-corrected chi connectivity index (χ0v) is 16.2. The second kappa shape index (κ2) is 8.43. The lowest BCUT2D eigenvalue weighted by Crippen LogP contribution is -2.17. The summed E-state index contributed by atoms with van der Waals surface area (Å²) in [6, 6.07) is 9.57. The van der Waals surface area contributed by atoms with Gasteiger partial charge in [0, 0.05) is 30.1 Å². The second-order valence-electron chi connectivity index (χ2n) is 6.75. The van der Waals surface area contributed by atoms with Crippen molar-refractivity contribution in [2.45, 2.75) is 26.8 Å². The average molecular weight is 403 g/mol. The zero-order valence-electron chi connectivity index (χ0n) is 15.4. The molecule has 5 nitrogen and oxygen atoms in total. The Morgan fingerprint density at radius 3 is 2.50 bits per heavy atom. The predicted octanol–water partition coefficient (Wildman–Crippen LogP) is 5.68. The van der Waals surface area contributed by atoms with Crippen LogP contribution in [0.3, 0.4) is 0 Å². The van der Waals surface area contributed by atoms with Crippen molar-refractivity contribution in [2.24, 2.45) is 10.9 Å². The lowest BCUT2D eigenvalue weighted by atomic mass is 10.1. The first-order valence-corrected chi connectivity index (χ1v) is 9.66. The second-order valence-corrected chi connectivity index (χ2v) is 7.59. The standard InChI is InChI=1S/C20H19F2N3O2S/c1-13(2)9-10-24-19(14-3-6-16(7-4-14)25(26)27)12-28-20(24)23-18-8-5-15(21)11-17(18)22/h3-8,11-13H,9-10H2,1-2H3. The van der Waals surface area contributed by atoms with Crippen molar-refractivity contribution >= 4 is 22.7 Å². The van der Waals surface area contributed by atoms with E-state index < -0.39 is 16.6 Å². The molecule has 1 aromatic heterocycles. The SMILES string of the molecule is CC(C)CCn1c(-c2ccc([N+](=O)[O-])cc2)csc1=Nc1ccc(F)cc1F. The molecule has 28 heavy (non-hydrogen) atoms. The molecule has 2 aromatic carbocycles. The van der Waals surface area contributed by atoms with E-state index in [1.165, 1.54) is 35.6 Å². The first-order chi connectivity index (χ1) is 13.3. The highest BCUT2D eigenvalue weighted by Gasteiger charge is 2.12. The Balaban J connectivity index is 2.08. The van der Waals surface area contributed by atoms with Crippen LogP contribution >= 0.6 is 11.3 Å². The quantitative estimate of drug-likeness (QED) is 0.393. The van der Waals surface area contributed by atoms with Gasteiger partial charge in [-0.2, -0.15) is 0 Å². The third-order valence-electron chi connectivity index (χ3n) is 4.23. The Morgan fingerprint density at radius 2 is 1.89 bits per heavy atom. The molecule has 1 heterocycles. The van der Waals surface area contributed by atoms with Crippen LogP contribution in [0, 0.1) is 27.7 Å². The summed E-state index contributed by atoms with van der Waals surface area (Å²) in [5.74, 6) is -0.921. The van der Waals surface area contributed by atoms with Crippen LogP contribution in [0.4, 0.5) is 20.2 Å². The Morgan fingerprint density at radius 1 is 1.18 bits per heavy atom. The number of nitrogens with zero attached hydrogens (tertiary/aromatic N) is 3. The molecule has 0 aliphatic rings. The molecule has 0 fully saturated rings. The molecule has 146 valence electrons. The molecule has 3 rings (SSSR count). The number of benzene rings is 2. The van der Waals surface area contributed by atoms with E-state index in [0.717, 1.165) is 23.7 Å². The highest BCUT2D eigenvalue weighted by Crippen LogP contribution is 2.25. The molecular formula is C20H19F2N3O2S. The van der Waals surface area contributed by atoms with Gasteiger partial charge in [0.2, 0.25) is 0 Å². The van der Waals surface area contributed by atoms with Gasteiger partial charge in [-0.05, 0) is 42.2 Å². The highest BCUT2D eigenvalue weighted by molar-refractivity contribution is 7.07. The fourth-order valence-corrected chi connectivity index (χ4v) is 3.63. The van der Waals surface area contributed by atoms with Crippen LogP contribution in [0.15, 0.2) is 52.8 Å². The molecule has 0 spiro atoms. The number of rotatable bonds is 6. The Kier molecular flexibility index (Phi) is 5.99. The normalized spacial score (nSPS) is 12.0. The molecule has 0 radical (unpaired) electrons. The minimum atomic E-state index is -0.722.